The molecule has 1 aromatic heterocycles. The smallest absolute Gasteiger partial charge is 0.289 e. The number of nitrogens with zero attached hydrogens (tertiary/aromatic N) is 2. The number of anilines is 1. The fourth-order valence-electron chi connectivity index (χ4n) is 1.50. The Morgan fingerprint density at radius 2 is 2.33 bits per heavy atom. The lowest BCUT2D eigenvalue weighted by molar-refractivity contribution is -0.384. The van der Waals surface area contributed by atoms with E-state index < -0.39 is 4.92 Å². The fraction of sp³-hybridized carbons (Fsp3) is 0.182. The molecule has 1 N–H and O–H groups in total. The molecule has 0 saturated carbocycles. The van der Waals surface area contributed by atoms with E-state index in [1.165, 1.54) is 23.5 Å². The zero-order valence-electron chi connectivity index (χ0n) is 9.46. The summed E-state index contributed by atoms with van der Waals surface area (Å²) in [4.78, 5) is 14.5. The first-order valence-corrected chi connectivity index (χ1v) is 6.48. The van der Waals surface area contributed by atoms with Gasteiger partial charge in [0.25, 0.3) is 5.69 Å². The summed E-state index contributed by atoms with van der Waals surface area (Å²) in [7, 11) is 0. The molecule has 0 amide bonds. The zero-order chi connectivity index (χ0) is 13.1. The van der Waals surface area contributed by atoms with Gasteiger partial charge in [-0.2, -0.15) is 0 Å². The normalized spacial score (nSPS) is 12.1. The Bertz CT molecular complexity index is 559. The Kier molecular flexibility index (Phi) is 3.78. The minimum atomic E-state index is -0.499. The first-order chi connectivity index (χ1) is 8.58. The molecule has 18 heavy (non-hydrogen) atoms. The number of rotatable bonds is 4. The van der Waals surface area contributed by atoms with Crippen LogP contribution in [0.2, 0.25) is 5.02 Å². The molecule has 1 atom stereocenters. The molecule has 7 heteroatoms. The van der Waals surface area contributed by atoms with Gasteiger partial charge in [0.15, 0.2) is 0 Å². The summed E-state index contributed by atoms with van der Waals surface area (Å²) in [6.07, 6.45) is 0. The number of hydrogen-bond acceptors (Lipinski definition) is 5. The maximum Gasteiger partial charge on any atom is 0.289 e. The van der Waals surface area contributed by atoms with Crippen LogP contribution in [0.5, 0.6) is 0 Å². The van der Waals surface area contributed by atoms with Crippen LogP contribution in [0.1, 0.15) is 18.7 Å². The molecule has 2 rings (SSSR count). The van der Waals surface area contributed by atoms with Crippen molar-refractivity contribution in [1.29, 1.82) is 0 Å². The van der Waals surface area contributed by atoms with E-state index >= 15 is 0 Å². The quantitative estimate of drug-likeness (QED) is 0.683. The number of nitro benzene ring substituents is 1. The molecule has 2 aromatic rings. The summed E-state index contributed by atoms with van der Waals surface area (Å²) >= 11 is 7.26. The average molecular weight is 284 g/mol. The molecule has 0 saturated heterocycles. The first-order valence-electron chi connectivity index (χ1n) is 5.16. The third-order valence-electron chi connectivity index (χ3n) is 2.42. The van der Waals surface area contributed by atoms with Crippen LogP contribution < -0.4 is 5.32 Å². The highest BCUT2D eigenvalue weighted by Gasteiger charge is 2.14. The maximum atomic E-state index is 10.8. The van der Waals surface area contributed by atoms with Gasteiger partial charge in [0.1, 0.15) is 5.02 Å². The van der Waals surface area contributed by atoms with Gasteiger partial charge in [-0.25, -0.2) is 4.98 Å². The molecule has 0 aliphatic carbocycles. The molecular formula is C11H10ClN3O2S. The monoisotopic (exact) mass is 283 g/mol. The molecule has 94 valence electrons. The van der Waals surface area contributed by atoms with Crippen molar-refractivity contribution < 1.29 is 4.92 Å². The van der Waals surface area contributed by atoms with Gasteiger partial charge in [0.2, 0.25) is 0 Å². The highest BCUT2D eigenvalue weighted by molar-refractivity contribution is 7.07. The lowest BCUT2D eigenvalue weighted by Crippen LogP contribution is -2.07. The summed E-state index contributed by atoms with van der Waals surface area (Å²) < 4.78 is 0. The maximum absolute atomic E-state index is 10.8. The molecule has 0 bridgehead atoms. The van der Waals surface area contributed by atoms with Crippen molar-refractivity contribution in [2.75, 3.05) is 5.32 Å². The summed E-state index contributed by atoms with van der Waals surface area (Å²) in [5, 5.41) is 16.0. The predicted octanol–water partition coefficient (Wildman–Crippen LogP) is 3.88. The third kappa shape index (κ3) is 2.77. The van der Waals surface area contributed by atoms with Crippen LogP contribution in [-0.2, 0) is 0 Å². The first kappa shape index (κ1) is 12.8. The van der Waals surface area contributed by atoms with Crippen molar-refractivity contribution in [2.45, 2.75) is 13.0 Å². The number of nitrogens with one attached hydrogen (secondary N) is 1. The van der Waals surface area contributed by atoms with Gasteiger partial charge in [-0.3, -0.25) is 10.1 Å². The van der Waals surface area contributed by atoms with E-state index in [1.54, 1.807) is 11.6 Å². The van der Waals surface area contributed by atoms with Crippen LogP contribution in [0, 0.1) is 10.1 Å². The standard InChI is InChI=1S/C11H10ClN3O2S/c1-7(10-5-18-6-13-10)14-8-2-3-9(12)11(4-8)15(16)17/h2-7,14H,1H3. The molecule has 0 spiro atoms. The second-order valence-electron chi connectivity index (χ2n) is 3.70. The van der Waals surface area contributed by atoms with E-state index in [9.17, 15) is 10.1 Å². The summed E-state index contributed by atoms with van der Waals surface area (Å²) in [5.74, 6) is 0. The Morgan fingerprint density at radius 1 is 1.56 bits per heavy atom. The van der Waals surface area contributed by atoms with E-state index in [0.717, 1.165) is 5.69 Å². The summed E-state index contributed by atoms with van der Waals surface area (Å²) in [6, 6.07) is 4.62. The molecular weight excluding hydrogens is 274 g/mol. The van der Waals surface area contributed by atoms with E-state index in [2.05, 4.69) is 10.3 Å². The van der Waals surface area contributed by atoms with E-state index in [4.69, 9.17) is 11.6 Å². The third-order valence-corrected chi connectivity index (χ3v) is 3.35. The highest BCUT2D eigenvalue weighted by Crippen LogP contribution is 2.29. The van der Waals surface area contributed by atoms with Gasteiger partial charge in [-0.15, -0.1) is 11.3 Å². The van der Waals surface area contributed by atoms with Crippen LogP contribution in [0.3, 0.4) is 0 Å². The van der Waals surface area contributed by atoms with Crippen molar-refractivity contribution in [1.82, 2.24) is 4.98 Å². The lowest BCUT2D eigenvalue weighted by atomic mass is 10.2. The number of aromatic nitrogens is 1. The van der Waals surface area contributed by atoms with Gasteiger partial charge < -0.3 is 5.32 Å². The molecule has 0 aliphatic rings. The fourth-order valence-corrected chi connectivity index (χ4v) is 2.34. The molecule has 0 fully saturated rings. The number of hydrogen-bond donors (Lipinski definition) is 1. The van der Waals surface area contributed by atoms with Crippen LogP contribution >= 0.6 is 22.9 Å². The number of benzene rings is 1. The van der Waals surface area contributed by atoms with Crippen molar-refractivity contribution in [3.8, 4) is 0 Å². The number of nitro groups is 1. The minimum absolute atomic E-state index is 0.0166. The molecule has 1 unspecified atom stereocenters. The van der Waals surface area contributed by atoms with Crippen LogP contribution in [0.25, 0.3) is 0 Å². The van der Waals surface area contributed by atoms with Gasteiger partial charge >= 0.3 is 0 Å². The molecule has 1 heterocycles. The van der Waals surface area contributed by atoms with Crippen LogP contribution in [0.4, 0.5) is 11.4 Å². The largest absolute Gasteiger partial charge is 0.377 e. The van der Waals surface area contributed by atoms with Crippen LogP contribution in [0.15, 0.2) is 29.1 Å². The lowest BCUT2D eigenvalue weighted by Gasteiger charge is -2.13. The molecule has 0 radical (unpaired) electrons. The second-order valence-corrected chi connectivity index (χ2v) is 4.83. The topological polar surface area (TPSA) is 68.1 Å². The molecule has 1 aromatic carbocycles. The van der Waals surface area contributed by atoms with Gasteiger partial charge in [-0.05, 0) is 19.1 Å². The SMILES string of the molecule is CC(Nc1ccc(Cl)c([N+](=O)[O-])c1)c1cscn1. The average Bonchev–Trinajstić information content (AvgIpc) is 2.85. The zero-order valence-corrected chi connectivity index (χ0v) is 11.0. The van der Waals surface area contributed by atoms with Crippen molar-refractivity contribution in [3.63, 3.8) is 0 Å². The Labute approximate surface area is 113 Å². The molecule has 0 aliphatic heterocycles. The van der Waals surface area contributed by atoms with E-state index in [0.29, 0.717) is 5.69 Å². The predicted molar refractivity (Wildman–Crippen MR) is 72.3 cm³/mol. The van der Waals surface area contributed by atoms with E-state index in [1.807, 2.05) is 12.3 Å². The second kappa shape index (κ2) is 5.32. The van der Waals surface area contributed by atoms with Gasteiger partial charge in [0.05, 0.1) is 22.2 Å². The highest BCUT2D eigenvalue weighted by atomic mass is 35.5. The Morgan fingerprint density at radius 3 is 2.94 bits per heavy atom. The molecule has 5 nitrogen and oxygen atoms in total. The van der Waals surface area contributed by atoms with Crippen molar-refractivity contribution >= 4 is 34.3 Å². The minimum Gasteiger partial charge on any atom is -0.377 e. The summed E-state index contributed by atoms with van der Waals surface area (Å²) in [5.41, 5.74) is 3.19. The van der Waals surface area contributed by atoms with E-state index in [-0.39, 0.29) is 16.8 Å². The Hall–Kier alpha value is -1.66. The number of halogens is 1. The van der Waals surface area contributed by atoms with Crippen molar-refractivity contribution in [3.05, 3.63) is 49.9 Å². The van der Waals surface area contributed by atoms with Gasteiger partial charge in [-0.1, -0.05) is 11.6 Å². The van der Waals surface area contributed by atoms with Crippen molar-refractivity contribution in [2.24, 2.45) is 0 Å². The number of thiazole rings is 1. The van der Waals surface area contributed by atoms with Crippen LogP contribution in [-0.4, -0.2) is 9.91 Å². The summed E-state index contributed by atoms with van der Waals surface area (Å²) in [6.45, 7) is 1.94. The Balaban J connectivity index is 2.20. The van der Waals surface area contributed by atoms with Gasteiger partial charge in [0, 0.05) is 17.1 Å².